The average Bonchev–Trinajstić information content (AvgIpc) is 3.74. The summed E-state index contributed by atoms with van der Waals surface area (Å²) in [5, 5.41) is 9.13. The maximum absolute atomic E-state index is 12.9. The monoisotopic (exact) mass is 465 g/mol. The molecule has 0 aliphatic heterocycles. The van der Waals surface area contributed by atoms with Crippen molar-refractivity contribution in [3.05, 3.63) is 47.3 Å². The first-order valence-corrected chi connectivity index (χ1v) is 11.7. The van der Waals surface area contributed by atoms with Crippen molar-refractivity contribution in [2.75, 3.05) is 19.0 Å². The van der Waals surface area contributed by atoms with E-state index < -0.39 is 11.3 Å². The van der Waals surface area contributed by atoms with Crippen LogP contribution in [-0.2, 0) is 10.2 Å². The standard InChI is InChI=1S/C25H31N5O4/c1-3-4-12-27-22(31)16-6-5-7-18(21(16)34-2)30-19-13-20(25(10-11-25)24(26)33)28-14-17(19)23(32)29-15-8-9-15/h5-7,13-15H,3-4,8-12H2,1-2H3,(H2,26,33)(H,27,31)(H,28,30)(H,29,32). The van der Waals surface area contributed by atoms with Gasteiger partial charge >= 0.3 is 0 Å². The lowest BCUT2D eigenvalue weighted by Crippen LogP contribution is -2.30. The molecule has 1 aromatic carbocycles. The van der Waals surface area contributed by atoms with Crippen LogP contribution in [-0.4, -0.2) is 42.4 Å². The van der Waals surface area contributed by atoms with Crippen LogP contribution in [0.2, 0.25) is 0 Å². The van der Waals surface area contributed by atoms with Gasteiger partial charge in [-0.2, -0.15) is 0 Å². The topological polar surface area (TPSA) is 135 Å². The highest BCUT2D eigenvalue weighted by atomic mass is 16.5. The Morgan fingerprint density at radius 2 is 1.91 bits per heavy atom. The smallest absolute Gasteiger partial charge is 0.255 e. The van der Waals surface area contributed by atoms with Gasteiger partial charge in [-0.3, -0.25) is 19.4 Å². The van der Waals surface area contributed by atoms with Crippen LogP contribution in [0, 0.1) is 0 Å². The van der Waals surface area contributed by atoms with Gasteiger partial charge in [0.1, 0.15) is 0 Å². The van der Waals surface area contributed by atoms with E-state index in [0.717, 1.165) is 25.7 Å². The number of amides is 3. The molecule has 34 heavy (non-hydrogen) atoms. The summed E-state index contributed by atoms with van der Waals surface area (Å²) >= 11 is 0. The zero-order valence-electron chi connectivity index (χ0n) is 19.6. The summed E-state index contributed by atoms with van der Waals surface area (Å²) in [6, 6.07) is 7.08. The maximum atomic E-state index is 12.9. The summed E-state index contributed by atoms with van der Waals surface area (Å²) in [6.45, 7) is 2.63. The highest BCUT2D eigenvalue weighted by Crippen LogP contribution is 2.48. The molecule has 180 valence electrons. The summed E-state index contributed by atoms with van der Waals surface area (Å²) in [5.41, 5.74) is 7.09. The molecule has 0 saturated heterocycles. The largest absolute Gasteiger partial charge is 0.494 e. The van der Waals surface area contributed by atoms with Crippen LogP contribution in [0.15, 0.2) is 30.5 Å². The molecule has 0 spiro atoms. The van der Waals surface area contributed by atoms with E-state index >= 15 is 0 Å². The number of pyridine rings is 1. The number of methoxy groups -OCH3 is 1. The number of rotatable bonds is 11. The number of primary amides is 1. The van der Waals surface area contributed by atoms with E-state index in [-0.39, 0.29) is 17.9 Å². The number of aromatic nitrogens is 1. The molecule has 5 N–H and O–H groups in total. The molecule has 2 fully saturated rings. The van der Waals surface area contributed by atoms with Gasteiger partial charge in [0.2, 0.25) is 5.91 Å². The minimum Gasteiger partial charge on any atom is -0.494 e. The van der Waals surface area contributed by atoms with E-state index in [2.05, 4.69) is 27.9 Å². The number of ether oxygens (including phenoxy) is 1. The zero-order chi connectivity index (χ0) is 24.3. The quantitative estimate of drug-likeness (QED) is 0.377. The Labute approximate surface area is 198 Å². The van der Waals surface area contributed by atoms with Gasteiger partial charge in [0.05, 0.1) is 40.7 Å². The van der Waals surface area contributed by atoms with Crippen molar-refractivity contribution in [2.45, 2.75) is 56.9 Å². The second-order valence-corrected chi connectivity index (χ2v) is 8.93. The van der Waals surface area contributed by atoms with Crippen LogP contribution in [0.1, 0.15) is 71.9 Å². The summed E-state index contributed by atoms with van der Waals surface area (Å²) in [5.74, 6) is -0.550. The Balaban J connectivity index is 1.69. The van der Waals surface area contributed by atoms with E-state index in [0.29, 0.717) is 53.3 Å². The van der Waals surface area contributed by atoms with Gasteiger partial charge in [0, 0.05) is 18.8 Å². The van der Waals surface area contributed by atoms with E-state index in [9.17, 15) is 14.4 Å². The van der Waals surface area contributed by atoms with Crippen LogP contribution in [0.25, 0.3) is 0 Å². The van der Waals surface area contributed by atoms with Crippen LogP contribution in [0.4, 0.5) is 11.4 Å². The molecule has 1 heterocycles. The molecular formula is C25H31N5O4. The first-order valence-electron chi connectivity index (χ1n) is 11.7. The molecule has 0 bridgehead atoms. The first kappa shape index (κ1) is 23.5. The maximum Gasteiger partial charge on any atom is 0.255 e. The fourth-order valence-electron chi connectivity index (χ4n) is 3.90. The van der Waals surface area contributed by atoms with Gasteiger partial charge in [0.25, 0.3) is 11.8 Å². The Bertz CT molecular complexity index is 1110. The van der Waals surface area contributed by atoms with Crippen molar-refractivity contribution < 1.29 is 19.1 Å². The molecule has 9 heteroatoms. The van der Waals surface area contributed by atoms with Gasteiger partial charge in [-0.1, -0.05) is 19.4 Å². The normalized spacial score (nSPS) is 15.8. The van der Waals surface area contributed by atoms with E-state index in [1.807, 2.05) is 0 Å². The van der Waals surface area contributed by atoms with Crippen LogP contribution < -0.4 is 26.4 Å². The Hall–Kier alpha value is -3.62. The number of para-hydroxylation sites is 1. The Morgan fingerprint density at radius 1 is 1.15 bits per heavy atom. The van der Waals surface area contributed by atoms with Crippen LogP contribution in [0.5, 0.6) is 5.75 Å². The van der Waals surface area contributed by atoms with Crippen LogP contribution >= 0.6 is 0 Å². The predicted octanol–water partition coefficient (Wildman–Crippen LogP) is 2.77. The highest BCUT2D eigenvalue weighted by molar-refractivity contribution is 6.02. The molecule has 0 unspecified atom stereocenters. The van der Waals surface area contributed by atoms with Crippen LogP contribution in [0.3, 0.4) is 0 Å². The minimum atomic E-state index is -0.799. The zero-order valence-corrected chi connectivity index (χ0v) is 19.6. The number of nitrogens with one attached hydrogen (secondary N) is 3. The summed E-state index contributed by atoms with van der Waals surface area (Å²) in [6.07, 6.45) is 6.49. The van der Waals surface area contributed by atoms with Crippen molar-refractivity contribution in [1.29, 1.82) is 0 Å². The number of anilines is 2. The second-order valence-electron chi connectivity index (χ2n) is 8.93. The third kappa shape index (κ3) is 4.83. The summed E-state index contributed by atoms with van der Waals surface area (Å²) < 4.78 is 5.59. The van der Waals surface area contributed by atoms with Crippen molar-refractivity contribution in [2.24, 2.45) is 5.73 Å². The number of unbranched alkanes of at least 4 members (excludes halogenated alkanes) is 1. The Morgan fingerprint density at radius 3 is 2.53 bits per heavy atom. The molecule has 2 saturated carbocycles. The third-order valence-corrected chi connectivity index (χ3v) is 6.32. The number of nitrogens with zero attached hydrogens (tertiary/aromatic N) is 1. The van der Waals surface area contributed by atoms with Gasteiger partial charge in [-0.15, -0.1) is 0 Å². The van der Waals surface area contributed by atoms with Gasteiger partial charge in [-0.05, 0) is 50.3 Å². The number of carbonyl (C=O) groups excluding carboxylic acids is 3. The molecule has 0 atom stereocenters. The minimum absolute atomic E-state index is 0.171. The number of benzene rings is 1. The SMILES string of the molecule is CCCCNC(=O)c1cccc(Nc2cc(C3(C(N)=O)CC3)ncc2C(=O)NC2CC2)c1OC. The number of carbonyl (C=O) groups is 3. The van der Waals surface area contributed by atoms with Crippen molar-refractivity contribution in [1.82, 2.24) is 15.6 Å². The molecule has 9 nitrogen and oxygen atoms in total. The number of hydrogen-bond acceptors (Lipinski definition) is 6. The fraction of sp³-hybridized carbons (Fsp3) is 0.440. The lowest BCUT2D eigenvalue weighted by Gasteiger charge is -2.19. The van der Waals surface area contributed by atoms with E-state index in [1.165, 1.54) is 13.3 Å². The summed E-state index contributed by atoms with van der Waals surface area (Å²) in [4.78, 5) is 42.1. The molecule has 2 aromatic rings. The number of hydrogen-bond donors (Lipinski definition) is 4. The van der Waals surface area contributed by atoms with Crippen molar-refractivity contribution in [3.63, 3.8) is 0 Å². The first-order chi connectivity index (χ1) is 16.4. The lowest BCUT2D eigenvalue weighted by molar-refractivity contribution is -0.120. The fourth-order valence-corrected chi connectivity index (χ4v) is 3.90. The third-order valence-electron chi connectivity index (χ3n) is 6.32. The van der Waals surface area contributed by atoms with Gasteiger partial charge in [-0.25, -0.2) is 0 Å². The lowest BCUT2D eigenvalue weighted by atomic mass is 9.99. The van der Waals surface area contributed by atoms with Crippen molar-refractivity contribution >= 4 is 29.1 Å². The molecule has 2 aliphatic rings. The van der Waals surface area contributed by atoms with Crippen molar-refractivity contribution in [3.8, 4) is 5.75 Å². The predicted molar refractivity (Wildman–Crippen MR) is 128 cm³/mol. The van der Waals surface area contributed by atoms with Gasteiger partial charge < -0.3 is 26.4 Å². The average molecular weight is 466 g/mol. The molecule has 0 radical (unpaired) electrons. The number of nitrogens with two attached hydrogens (primary N) is 1. The second kappa shape index (κ2) is 9.70. The molecule has 4 rings (SSSR count). The molecular weight excluding hydrogens is 434 g/mol. The van der Waals surface area contributed by atoms with Gasteiger partial charge in [0.15, 0.2) is 5.75 Å². The van der Waals surface area contributed by atoms with E-state index in [1.54, 1.807) is 24.3 Å². The Kier molecular flexibility index (Phi) is 6.72. The molecule has 3 amide bonds. The van der Waals surface area contributed by atoms with E-state index in [4.69, 9.17) is 10.5 Å². The summed E-state index contributed by atoms with van der Waals surface area (Å²) in [7, 11) is 1.49. The molecule has 1 aromatic heterocycles. The molecule has 2 aliphatic carbocycles. The highest BCUT2D eigenvalue weighted by Gasteiger charge is 2.51.